The molecule has 0 atom stereocenters. The van der Waals surface area contributed by atoms with Crippen LogP contribution in [0.3, 0.4) is 0 Å². The minimum Gasteiger partial charge on any atom is -0.337 e. The molecule has 10 heteroatoms. The Hall–Kier alpha value is -1.45. The number of hydrogen-bond donors (Lipinski definition) is 0. The first-order valence-electron chi connectivity index (χ1n) is 7.67. The van der Waals surface area contributed by atoms with E-state index in [1.54, 1.807) is 19.1 Å². The van der Waals surface area contributed by atoms with E-state index in [-0.39, 0.29) is 24.7 Å². The normalized spacial score (nSPS) is 12.0. The van der Waals surface area contributed by atoms with Gasteiger partial charge in [-0.2, -0.15) is 9.29 Å². The number of thiophene rings is 1. The Balaban J connectivity index is 1.77. The number of benzene rings is 1. The zero-order chi connectivity index (χ0) is 18.7. The van der Waals surface area contributed by atoms with E-state index in [1.165, 1.54) is 21.7 Å². The van der Waals surface area contributed by atoms with Gasteiger partial charge in [0.15, 0.2) is 0 Å². The summed E-state index contributed by atoms with van der Waals surface area (Å²) < 4.78 is 32.0. The summed E-state index contributed by atoms with van der Waals surface area (Å²) in [5, 5.41) is 6.58. The molecule has 26 heavy (non-hydrogen) atoms. The van der Waals surface area contributed by atoms with Crippen molar-refractivity contribution in [1.29, 1.82) is 0 Å². The summed E-state index contributed by atoms with van der Waals surface area (Å²) in [5.74, 6) is 0.452. The van der Waals surface area contributed by atoms with Gasteiger partial charge in [0.05, 0.1) is 17.2 Å². The summed E-state index contributed by atoms with van der Waals surface area (Å²) in [6, 6.07) is 8.50. The van der Waals surface area contributed by atoms with Crippen LogP contribution in [-0.2, 0) is 22.3 Å². The van der Waals surface area contributed by atoms with E-state index < -0.39 is 10.0 Å². The van der Waals surface area contributed by atoms with Gasteiger partial charge in [0, 0.05) is 16.6 Å². The van der Waals surface area contributed by atoms with Crippen LogP contribution in [-0.4, -0.2) is 29.4 Å². The Morgan fingerprint density at radius 2 is 2.08 bits per heavy atom. The van der Waals surface area contributed by atoms with Crippen molar-refractivity contribution in [1.82, 2.24) is 14.4 Å². The van der Waals surface area contributed by atoms with Crippen molar-refractivity contribution in [2.45, 2.75) is 19.2 Å². The third-order valence-corrected chi connectivity index (χ3v) is 6.92. The maximum absolute atomic E-state index is 12.8. The molecule has 0 saturated carbocycles. The molecule has 1 aromatic carbocycles. The van der Waals surface area contributed by atoms with E-state index in [1.807, 2.05) is 17.5 Å². The molecule has 0 aliphatic carbocycles. The van der Waals surface area contributed by atoms with Crippen LogP contribution < -0.4 is 0 Å². The average Bonchev–Trinajstić information content (AvgIpc) is 3.26. The molecule has 6 nitrogen and oxygen atoms in total. The second-order valence-electron chi connectivity index (χ2n) is 5.41. The van der Waals surface area contributed by atoms with Crippen LogP contribution in [0, 0.1) is 0 Å². The second-order valence-corrected chi connectivity index (χ2v) is 9.17. The molecule has 0 radical (unpaired) electrons. The van der Waals surface area contributed by atoms with Crippen LogP contribution in [0.1, 0.15) is 18.4 Å². The highest BCUT2D eigenvalue weighted by molar-refractivity contribution is 7.88. The zero-order valence-corrected chi connectivity index (χ0v) is 16.9. The van der Waals surface area contributed by atoms with Crippen LogP contribution >= 0.6 is 34.5 Å². The standard InChI is InChI=1S/C16H15Cl2N3O3S2/c1-2-21(9-15-19-16(20-24-15)14-4-3-7-25-14)26(22,23)10-11-5-6-12(17)8-13(11)18/h3-8H,2,9-10H2,1H3. The Kier molecular flexibility index (Phi) is 5.99. The van der Waals surface area contributed by atoms with Gasteiger partial charge in [0.25, 0.3) is 0 Å². The third kappa shape index (κ3) is 4.44. The fourth-order valence-corrected chi connectivity index (χ4v) is 5.04. The van der Waals surface area contributed by atoms with Gasteiger partial charge < -0.3 is 4.52 Å². The lowest BCUT2D eigenvalue weighted by Crippen LogP contribution is -2.31. The third-order valence-electron chi connectivity index (χ3n) is 3.62. The molecular formula is C16H15Cl2N3O3S2. The van der Waals surface area contributed by atoms with Gasteiger partial charge >= 0.3 is 0 Å². The van der Waals surface area contributed by atoms with E-state index in [4.69, 9.17) is 27.7 Å². The zero-order valence-electron chi connectivity index (χ0n) is 13.7. The molecule has 0 amide bonds. The summed E-state index contributed by atoms with van der Waals surface area (Å²) in [7, 11) is -3.62. The van der Waals surface area contributed by atoms with Crippen LogP contribution in [0.5, 0.6) is 0 Å². The minimum absolute atomic E-state index is 0.00240. The monoisotopic (exact) mass is 431 g/mol. The first kappa shape index (κ1) is 19.3. The number of hydrogen-bond acceptors (Lipinski definition) is 6. The fraction of sp³-hybridized carbons (Fsp3) is 0.250. The van der Waals surface area contributed by atoms with Crippen molar-refractivity contribution < 1.29 is 12.9 Å². The van der Waals surface area contributed by atoms with E-state index in [9.17, 15) is 8.42 Å². The van der Waals surface area contributed by atoms with Crippen LogP contribution in [0.4, 0.5) is 0 Å². The number of aromatic nitrogens is 2. The summed E-state index contributed by atoms with van der Waals surface area (Å²) >= 11 is 13.4. The summed E-state index contributed by atoms with van der Waals surface area (Å²) in [6.45, 7) is 2.02. The quantitative estimate of drug-likeness (QED) is 0.551. The van der Waals surface area contributed by atoms with Gasteiger partial charge in [0.2, 0.25) is 21.7 Å². The lowest BCUT2D eigenvalue weighted by molar-refractivity contribution is 0.321. The Morgan fingerprint density at radius 3 is 2.73 bits per heavy atom. The first-order chi connectivity index (χ1) is 12.4. The molecular weight excluding hydrogens is 417 g/mol. The van der Waals surface area contributed by atoms with Gasteiger partial charge in [-0.3, -0.25) is 0 Å². The second kappa shape index (κ2) is 8.06. The van der Waals surface area contributed by atoms with Crippen LogP contribution in [0.25, 0.3) is 10.7 Å². The van der Waals surface area contributed by atoms with Crippen LogP contribution in [0.2, 0.25) is 10.0 Å². The van der Waals surface area contributed by atoms with Crippen molar-refractivity contribution in [3.63, 3.8) is 0 Å². The van der Waals surface area contributed by atoms with Crippen molar-refractivity contribution in [2.75, 3.05) is 6.54 Å². The maximum atomic E-state index is 12.8. The first-order valence-corrected chi connectivity index (χ1v) is 10.9. The van der Waals surface area contributed by atoms with E-state index in [0.29, 0.717) is 21.4 Å². The highest BCUT2D eigenvalue weighted by Gasteiger charge is 2.25. The van der Waals surface area contributed by atoms with Gasteiger partial charge in [-0.05, 0) is 29.1 Å². The largest absolute Gasteiger partial charge is 0.337 e. The molecule has 3 rings (SSSR count). The topological polar surface area (TPSA) is 76.3 Å². The number of sulfonamides is 1. The Labute approximate surface area is 165 Å². The Bertz CT molecular complexity index is 988. The molecule has 0 spiro atoms. The molecule has 138 valence electrons. The number of nitrogens with zero attached hydrogens (tertiary/aromatic N) is 3. The maximum Gasteiger partial charge on any atom is 0.242 e. The molecule has 2 heterocycles. The highest BCUT2D eigenvalue weighted by Crippen LogP contribution is 2.25. The number of halogens is 2. The summed E-state index contributed by atoms with van der Waals surface area (Å²) in [5.41, 5.74) is 0.485. The Morgan fingerprint density at radius 1 is 1.27 bits per heavy atom. The van der Waals surface area contributed by atoms with E-state index in [0.717, 1.165) is 4.88 Å². The molecule has 2 aromatic heterocycles. The molecule has 0 unspecified atom stereocenters. The van der Waals surface area contributed by atoms with Gasteiger partial charge in [-0.15, -0.1) is 11.3 Å². The molecule has 0 saturated heterocycles. The molecule has 3 aromatic rings. The van der Waals surface area contributed by atoms with Crippen LogP contribution in [0.15, 0.2) is 40.2 Å². The predicted octanol–water partition coefficient (Wildman–Crippen LogP) is 4.46. The van der Waals surface area contributed by atoms with Gasteiger partial charge in [-0.1, -0.05) is 47.4 Å². The van der Waals surface area contributed by atoms with E-state index >= 15 is 0 Å². The highest BCUT2D eigenvalue weighted by atomic mass is 35.5. The SMILES string of the molecule is CCN(Cc1nc(-c2cccs2)no1)S(=O)(=O)Cc1ccc(Cl)cc1Cl. The molecule has 0 N–H and O–H groups in total. The molecule has 0 bridgehead atoms. The lowest BCUT2D eigenvalue weighted by Gasteiger charge is -2.19. The number of rotatable bonds is 7. The van der Waals surface area contributed by atoms with Crippen molar-refractivity contribution in [3.8, 4) is 10.7 Å². The molecule has 0 aliphatic heterocycles. The lowest BCUT2D eigenvalue weighted by atomic mass is 10.2. The average molecular weight is 432 g/mol. The van der Waals surface area contributed by atoms with E-state index in [2.05, 4.69) is 10.1 Å². The predicted molar refractivity (Wildman–Crippen MR) is 103 cm³/mol. The summed E-state index contributed by atoms with van der Waals surface area (Å²) in [4.78, 5) is 5.13. The fourth-order valence-electron chi connectivity index (χ4n) is 2.31. The smallest absolute Gasteiger partial charge is 0.242 e. The van der Waals surface area contributed by atoms with Gasteiger partial charge in [-0.25, -0.2) is 8.42 Å². The van der Waals surface area contributed by atoms with Gasteiger partial charge in [0.1, 0.15) is 0 Å². The van der Waals surface area contributed by atoms with Crippen molar-refractivity contribution in [2.24, 2.45) is 0 Å². The molecule has 0 fully saturated rings. The summed E-state index contributed by atoms with van der Waals surface area (Å²) in [6.07, 6.45) is 0. The molecule has 0 aliphatic rings. The van der Waals surface area contributed by atoms with Crippen molar-refractivity contribution in [3.05, 3.63) is 57.2 Å². The van der Waals surface area contributed by atoms with Crippen molar-refractivity contribution >= 4 is 44.6 Å². The minimum atomic E-state index is -3.62.